The van der Waals surface area contributed by atoms with Crippen molar-refractivity contribution >= 4 is 17.7 Å². The third kappa shape index (κ3) is 5.10. The molecule has 2 rings (SSSR count). The Kier molecular flexibility index (Phi) is 5.20. The molecule has 3 N–H and O–H groups in total. The lowest BCUT2D eigenvalue weighted by Crippen LogP contribution is -2.40. The number of aryl methyl sites for hydroxylation is 1. The molecule has 0 bridgehead atoms. The first-order chi connectivity index (χ1) is 10.1. The number of urea groups is 1. The first kappa shape index (κ1) is 15.4. The zero-order valence-corrected chi connectivity index (χ0v) is 12.3. The van der Waals surface area contributed by atoms with Crippen LogP contribution in [0.4, 0.5) is 10.5 Å². The summed E-state index contributed by atoms with van der Waals surface area (Å²) in [6, 6.07) is 7.11. The van der Waals surface area contributed by atoms with Crippen molar-refractivity contribution in [3.05, 3.63) is 29.8 Å². The fraction of sp³-hybridized carbons (Fsp3) is 0.500. The summed E-state index contributed by atoms with van der Waals surface area (Å²) in [5.41, 5.74) is 1.96. The second-order valence-electron chi connectivity index (χ2n) is 5.59. The molecule has 1 aromatic rings. The van der Waals surface area contributed by atoms with Crippen LogP contribution in [0.25, 0.3) is 0 Å². The zero-order chi connectivity index (χ0) is 15.2. The number of rotatable bonds is 7. The Morgan fingerprint density at radius 3 is 2.48 bits per heavy atom. The number of aliphatic carboxylic acids is 1. The van der Waals surface area contributed by atoms with Gasteiger partial charge in [-0.25, -0.2) is 4.79 Å². The molecule has 1 atom stereocenters. The molecule has 0 heterocycles. The first-order valence-corrected chi connectivity index (χ1v) is 7.46. The Bertz CT molecular complexity index is 495. The van der Waals surface area contributed by atoms with E-state index < -0.39 is 5.97 Å². The van der Waals surface area contributed by atoms with Crippen molar-refractivity contribution in [2.45, 2.75) is 45.1 Å². The van der Waals surface area contributed by atoms with Gasteiger partial charge in [0.15, 0.2) is 0 Å². The number of benzene rings is 1. The van der Waals surface area contributed by atoms with Crippen LogP contribution >= 0.6 is 0 Å². The number of anilines is 1. The Morgan fingerprint density at radius 1 is 1.29 bits per heavy atom. The molecule has 5 nitrogen and oxygen atoms in total. The molecule has 1 fully saturated rings. The minimum atomic E-state index is -0.879. The minimum Gasteiger partial charge on any atom is -0.481 e. The first-order valence-electron chi connectivity index (χ1n) is 7.46. The van der Waals surface area contributed by atoms with Gasteiger partial charge in [-0.3, -0.25) is 4.79 Å². The van der Waals surface area contributed by atoms with Crippen LogP contribution in [-0.2, 0) is 11.2 Å². The summed E-state index contributed by atoms with van der Waals surface area (Å²) in [5, 5.41) is 14.4. The monoisotopic (exact) mass is 290 g/mol. The van der Waals surface area contributed by atoms with E-state index in [9.17, 15) is 9.59 Å². The molecule has 0 spiro atoms. The van der Waals surface area contributed by atoms with Crippen molar-refractivity contribution in [2.75, 3.05) is 5.32 Å². The van der Waals surface area contributed by atoms with Crippen molar-refractivity contribution in [1.29, 1.82) is 0 Å². The molecule has 1 saturated carbocycles. The second kappa shape index (κ2) is 7.11. The van der Waals surface area contributed by atoms with E-state index in [2.05, 4.69) is 17.6 Å². The molecular weight excluding hydrogens is 268 g/mol. The van der Waals surface area contributed by atoms with E-state index in [0.717, 1.165) is 31.4 Å². The second-order valence-corrected chi connectivity index (χ2v) is 5.59. The summed E-state index contributed by atoms with van der Waals surface area (Å²) in [4.78, 5) is 22.7. The van der Waals surface area contributed by atoms with Gasteiger partial charge in [-0.1, -0.05) is 25.5 Å². The normalized spacial score (nSPS) is 15.3. The third-order valence-corrected chi connectivity index (χ3v) is 3.65. The summed E-state index contributed by atoms with van der Waals surface area (Å²) < 4.78 is 0. The Morgan fingerprint density at radius 2 is 1.95 bits per heavy atom. The lowest BCUT2D eigenvalue weighted by atomic mass is 10.1. The van der Waals surface area contributed by atoms with Crippen LogP contribution in [0.1, 0.15) is 38.2 Å². The van der Waals surface area contributed by atoms with Gasteiger partial charge >= 0.3 is 12.0 Å². The molecule has 21 heavy (non-hydrogen) atoms. The topological polar surface area (TPSA) is 78.4 Å². The van der Waals surface area contributed by atoms with Crippen LogP contribution < -0.4 is 10.6 Å². The number of carboxylic acid groups (broad SMARTS) is 1. The van der Waals surface area contributed by atoms with Crippen LogP contribution in [0, 0.1) is 5.92 Å². The van der Waals surface area contributed by atoms with Gasteiger partial charge in [0, 0.05) is 11.7 Å². The van der Waals surface area contributed by atoms with E-state index >= 15 is 0 Å². The highest BCUT2D eigenvalue weighted by molar-refractivity contribution is 5.89. The maximum Gasteiger partial charge on any atom is 0.319 e. The van der Waals surface area contributed by atoms with E-state index in [4.69, 9.17) is 5.11 Å². The molecule has 1 aliphatic rings. The predicted molar refractivity (Wildman–Crippen MR) is 81.4 cm³/mol. The molecular formula is C16H22N2O3. The number of carbonyl (C=O) groups excluding carboxylic acids is 1. The van der Waals surface area contributed by atoms with Gasteiger partial charge in [0.05, 0.1) is 6.42 Å². The average Bonchev–Trinajstić information content (AvgIpc) is 3.24. The van der Waals surface area contributed by atoms with Crippen molar-refractivity contribution < 1.29 is 14.7 Å². The van der Waals surface area contributed by atoms with Crippen molar-refractivity contribution in [2.24, 2.45) is 5.92 Å². The van der Waals surface area contributed by atoms with E-state index in [-0.39, 0.29) is 18.5 Å². The highest BCUT2D eigenvalue weighted by Gasteiger charge is 2.33. The molecule has 1 unspecified atom stereocenters. The number of amides is 2. The largest absolute Gasteiger partial charge is 0.481 e. The van der Waals surface area contributed by atoms with Gasteiger partial charge < -0.3 is 15.7 Å². The van der Waals surface area contributed by atoms with Crippen LogP contribution in [0.3, 0.4) is 0 Å². The van der Waals surface area contributed by atoms with Gasteiger partial charge in [-0.05, 0) is 42.9 Å². The standard InChI is InChI=1S/C16H22N2O3/c1-2-3-11-4-8-13(9-5-11)17-16(21)18-14(10-15(19)20)12-6-7-12/h4-5,8-9,12,14H,2-3,6-7,10H2,1H3,(H,19,20)(H2,17,18,21). The lowest BCUT2D eigenvalue weighted by molar-refractivity contribution is -0.137. The number of hydrogen-bond donors (Lipinski definition) is 3. The summed E-state index contributed by atoms with van der Waals surface area (Å²) >= 11 is 0. The number of nitrogens with one attached hydrogen (secondary N) is 2. The average molecular weight is 290 g/mol. The number of carboxylic acids is 1. The van der Waals surface area contributed by atoms with Crippen molar-refractivity contribution in [3.63, 3.8) is 0 Å². The summed E-state index contributed by atoms with van der Waals surface area (Å²) in [6.07, 6.45) is 4.07. The summed E-state index contributed by atoms with van der Waals surface area (Å²) in [5.74, 6) is -0.574. The molecule has 5 heteroatoms. The summed E-state index contributed by atoms with van der Waals surface area (Å²) in [7, 11) is 0. The van der Waals surface area contributed by atoms with E-state index in [1.54, 1.807) is 0 Å². The van der Waals surface area contributed by atoms with Crippen molar-refractivity contribution in [3.8, 4) is 0 Å². The quantitative estimate of drug-likeness (QED) is 0.722. The maximum absolute atomic E-state index is 11.9. The molecule has 2 amide bonds. The molecule has 0 aliphatic heterocycles. The van der Waals surface area contributed by atoms with Gasteiger partial charge in [0.1, 0.15) is 0 Å². The minimum absolute atomic E-state index is 0.0203. The number of carbonyl (C=O) groups is 2. The van der Waals surface area contributed by atoms with Crippen LogP contribution in [0.2, 0.25) is 0 Å². The van der Waals surface area contributed by atoms with E-state index in [1.807, 2.05) is 24.3 Å². The van der Waals surface area contributed by atoms with Gasteiger partial charge in [0.25, 0.3) is 0 Å². The van der Waals surface area contributed by atoms with Crippen molar-refractivity contribution in [1.82, 2.24) is 5.32 Å². The fourth-order valence-electron chi connectivity index (χ4n) is 2.40. The fourth-order valence-corrected chi connectivity index (χ4v) is 2.40. The van der Waals surface area contributed by atoms with Gasteiger partial charge in [0.2, 0.25) is 0 Å². The molecule has 0 saturated heterocycles. The highest BCUT2D eigenvalue weighted by atomic mass is 16.4. The van der Waals surface area contributed by atoms with E-state index in [0.29, 0.717) is 5.92 Å². The Labute approximate surface area is 124 Å². The lowest BCUT2D eigenvalue weighted by Gasteiger charge is -2.16. The molecule has 1 aromatic carbocycles. The molecule has 1 aliphatic carbocycles. The van der Waals surface area contributed by atoms with Crippen LogP contribution in [0.5, 0.6) is 0 Å². The highest BCUT2D eigenvalue weighted by Crippen LogP contribution is 2.34. The van der Waals surface area contributed by atoms with Crippen LogP contribution in [-0.4, -0.2) is 23.1 Å². The maximum atomic E-state index is 11.9. The Balaban J connectivity index is 1.86. The predicted octanol–water partition coefficient (Wildman–Crippen LogP) is 3.01. The smallest absolute Gasteiger partial charge is 0.319 e. The van der Waals surface area contributed by atoms with Gasteiger partial charge in [-0.15, -0.1) is 0 Å². The molecule has 0 radical (unpaired) electrons. The Hall–Kier alpha value is -2.04. The third-order valence-electron chi connectivity index (χ3n) is 3.65. The SMILES string of the molecule is CCCc1ccc(NC(=O)NC(CC(=O)O)C2CC2)cc1. The zero-order valence-electron chi connectivity index (χ0n) is 12.3. The molecule has 114 valence electrons. The molecule has 0 aromatic heterocycles. The van der Waals surface area contributed by atoms with Crippen LogP contribution in [0.15, 0.2) is 24.3 Å². The van der Waals surface area contributed by atoms with E-state index in [1.165, 1.54) is 5.56 Å². The summed E-state index contributed by atoms with van der Waals surface area (Å²) in [6.45, 7) is 2.13. The van der Waals surface area contributed by atoms with Gasteiger partial charge in [-0.2, -0.15) is 0 Å². The number of hydrogen-bond acceptors (Lipinski definition) is 2.